The zero-order valence-electron chi connectivity index (χ0n) is 32.2. The number of fused-ring (bicyclic) bond motifs is 6. The number of hydrogen-bond donors (Lipinski definition) is 0. The van der Waals surface area contributed by atoms with Crippen LogP contribution in [0.15, 0.2) is 133 Å². The molecule has 0 fully saturated rings. The van der Waals surface area contributed by atoms with Crippen molar-refractivity contribution in [3.63, 3.8) is 0 Å². The van der Waals surface area contributed by atoms with Crippen LogP contribution in [0, 0.1) is 0 Å². The summed E-state index contributed by atoms with van der Waals surface area (Å²) in [4.78, 5) is 5.03. The van der Waals surface area contributed by atoms with E-state index in [4.69, 9.17) is 4.98 Å². The highest BCUT2D eigenvalue weighted by molar-refractivity contribution is 7.26. The first kappa shape index (κ1) is 33.8. The van der Waals surface area contributed by atoms with Gasteiger partial charge in [-0.25, -0.2) is 4.98 Å². The number of aromatic nitrogens is 2. The largest absolute Gasteiger partial charge is 0.296 e. The molecule has 0 aliphatic carbocycles. The van der Waals surface area contributed by atoms with Crippen molar-refractivity contribution in [3.8, 4) is 39.1 Å². The van der Waals surface area contributed by atoms with Gasteiger partial charge in [-0.15, -0.1) is 27.7 Å². The number of para-hydroxylation sites is 2. The molecule has 10 rings (SSSR count). The number of imidazole rings is 1. The Balaban J connectivity index is 1.34. The number of thiophene rings is 1. The fraction of sp³-hybridized carbons (Fsp3) is 0.0426. The molecule has 0 amide bonds. The Morgan fingerprint density at radius 3 is 1.91 bits per heavy atom. The summed E-state index contributed by atoms with van der Waals surface area (Å²) in [5.74, 6) is 1.07. The van der Waals surface area contributed by atoms with Crippen LogP contribution in [0.1, 0.15) is 12.7 Å². The van der Waals surface area contributed by atoms with Crippen molar-refractivity contribution in [2.24, 2.45) is 0 Å². The normalized spacial score (nSPS) is 11.8. The van der Waals surface area contributed by atoms with E-state index in [1.165, 1.54) is 102 Å². The molecule has 8 heteroatoms. The number of rotatable bonds is 5. The van der Waals surface area contributed by atoms with E-state index in [-0.39, 0.29) is 0 Å². The smallest absolute Gasteiger partial charge is 0.139 e. The zero-order chi connectivity index (χ0) is 37.5. The van der Waals surface area contributed by atoms with Gasteiger partial charge < -0.3 is 0 Å². The van der Waals surface area contributed by atoms with E-state index in [0.29, 0.717) is 0 Å². The molecule has 0 bridgehead atoms. The molecule has 2 nitrogen and oxygen atoms in total. The topological polar surface area (TPSA) is 17.8 Å². The molecule has 2 heterocycles. The number of aryl methyl sites for hydroxylation is 1. The van der Waals surface area contributed by atoms with Gasteiger partial charge in [-0.1, -0.05) is 109 Å². The monoisotopic (exact) mass is 716 g/mol. The molecule has 2 aromatic heterocycles. The number of hydrogen-bond acceptors (Lipinski definition) is 2. The average molecular weight is 716 g/mol. The van der Waals surface area contributed by atoms with E-state index >= 15 is 0 Å². The van der Waals surface area contributed by atoms with Gasteiger partial charge in [-0.3, -0.25) is 4.57 Å². The Labute approximate surface area is 330 Å². The molecular formula is C47H37B5N2S. The number of nitrogens with zero attached hydrogens (tertiary/aromatic N) is 2. The van der Waals surface area contributed by atoms with Crippen LogP contribution in [0.5, 0.6) is 0 Å². The van der Waals surface area contributed by atoms with Gasteiger partial charge >= 0.3 is 0 Å². The van der Waals surface area contributed by atoms with Gasteiger partial charge in [-0.05, 0) is 97.4 Å². The van der Waals surface area contributed by atoms with Crippen molar-refractivity contribution < 1.29 is 0 Å². The summed E-state index contributed by atoms with van der Waals surface area (Å²) in [5.41, 5.74) is 17.8. The van der Waals surface area contributed by atoms with Crippen molar-refractivity contribution in [3.05, 3.63) is 139 Å². The third-order valence-electron chi connectivity index (χ3n) is 12.3. The molecule has 0 unspecified atom stereocenters. The predicted octanol–water partition coefficient (Wildman–Crippen LogP) is 4.56. The second kappa shape index (κ2) is 13.0. The summed E-state index contributed by atoms with van der Waals surface area (Å²) < 4.78 is 4.98. The van der Waals surface area contributed by atoms with Crippen molar-refractivity contribution in [1.29, 1.82) is 0 Å². The van der Waals surface area contributed by atoms with Gasteiger partial charge in [0.1, 0.15) is 45.1 Å². The SMILES string of the molecule is Bc1c(B)c(B)c(-c2ccc3c(-c4cccc(-n5c(CC)nc6ccccc65)c4)c4ccccc4c(-c4cccc5sc6ccccc6c45)c3c2)c(B)c1B. The predicted molar refractivity (Wildman–Crippen MR) is 256 cm³/mol. The van der Waals surface area contributed by atoms with Crippen LogP contribution in [-0.2, 0) is 6.42 Å². The van der Waals surface area contributed by atoms with Gasteiger partial charge in [0.15, 0.2) is 0 Å². The summed E-state index contributed by atoms with van der Waals surface area (Å²) in [6, 6.07) is 49.7. The van der Waals surface area contributed by atoms with Crippen molar-refractivity contribution in [1.82, 2.24) is 9.55 Å². The van der Waals surface area contributed by atoms with Gasteiger partial charge in [0.05, 0.1) is 11.0 Å². The summed E-state index contributed by atoms with van der Waals surface area (Å²) in [6.07, 6.45) is 0.849. The second-order valence-corrected chi connectivity index (χ2v) is 16.2. The van der Waals surface area contributed by atoms with Crippen LogP contribution in [0.25, 0.3) is 91.8 Å². The minimum atomic E-state index is 0.849. The molecular weight excluding hydrogens is 679 g/mol. The average Bonchev–Trinajstić information content (AvgIpc) is 3.80. The molecule has 0 aliphatic rings. The molecule has 0 radical (unpaired) electrons. The minimum Gasteiger partial charge on any atom is -0.296 e. The van der Waals surface area contributed by atoms with Crippen LogP contribution in [0.2, 0.25) is 0 Å². The number of benzene rings is 8. The van der Waals surface area contributed by atoms with Gasteiger partial charge in [-0.2, -0.15) is 0 Å². The Kier molecular flexibility index (Phi) is 7.97. The third-order valence-corrected chi connectivity index (χ3v) is 13.5. The third kappa shape index (κ3) is 5.11. The maximum Gasteiger partial charge on any atom is 0.139 e. The summed E-state index contributed by atoms with van der Waals surface area (Å²) in [6.45, 7) is 2.19. The standard InChI is InChI=1S/C47H37B5N2S/c1-2-38-53-34-17-6-7-18-35(34)54(38)27-12-9-11-25(23-27)39-28-13-3-4-14-29(28)41(32-16-10-20-37-42(32)31-15-5-8-19-36(31)55-37)33-24-26(21-22-30(33)39)40-43(48)45(50)47(52)46(51)44(40)49/h3-24H,2,48-52H2,1H3. The second-order valence-electron chi connectivity index (χ2n) is 15.1. The molecule has 0 N–H and O–H groups in total. The molecule has 10 aromatic rings. The van der Waals surface area contributed by atoms with Crippen molar-refractivity contribution in [2.75, 3.05) is 0 Å². The molecule has 8 aromatic carbocycles. The van der Waals surface area contributed by atoms with E-state index in [0.717, 1.165) is 29.0 Å². The van der Waals surface area contributed by atoms with E-state index < -0.39 is 0 Å². The Morgan fingerprint density at radius 2 is 1.13 bits per heavy atom. The van der Waals surface area contributed by atoms with Crippen LogP contribution in [-0.4, -0.2) is 48.8 Å². The summed E-state index contributed by atoms with van der Waals surface area (Å²) >= 11 is 1.89. The highest BCUT2D eigenvalue weighted by atomic mass is 32.1. The lowest BCUT2D eigenvalue weighted by Crippen LogP contribution is -2.55. The molecule has 0 saturated heterocycles. The van der Waals surface area contributed by atoms with Gasteiger partial charge in [0.25, 0.3) is 0 Å². The first-order valence-corrected chi connectivity index (χ1v) is 20.2. The van der Waals surface area contributed by atoms with E-state index in [2.05, 4.69) is 184 Å². The molecule has 256 valence electrons. The maximum absolute atomic E-state index is 5.03. The van der Waals surface area contributed by atoms with Crippen molar-refractivity contribution >= 4 is 131 Å². The highest BCUT2D eigenvalue weighted by Crippen LogP contribution is 2.48. The van der Waals surface area contributed by atoms with Crippen LogP contribution in [0.4, 0.5) is 0 Å². The fourth-order valence-corrected chi connectivity index (χ4v) is 10.4. The fourth-order valence-electron chi connectivity index (χ4n) is 9.25. The first-order valence-electron chi connectivity index (χ1n) is 19.4. The van der Waals surface area contributed by atoms with Crippen LogP contribution < -0.4 is 27.3 Å². The molecule has 0 spiro atoms. The minimum absolute atomic E-state index is 0.849. The molecule has 0 saturated carbocycles. The lowest BCUT2D eigenvalue weighted by Gasteiger charge is -2.23. The Hall–Kier alpha value is -5.71. The van der Waals surface area contributed by atoms with Gasteiger partial charge in [0.2, 0.25) is 0 Å². The Morgan fingerprint density at radius 1 is 0.509 bits per heavy atom. The lowest BCUT2D eigenvalue weighted by molar-refractivity contribution is 0.908. The van der Waals surface area contributed by atoms with E-state index in [9.17, 15) is 0 Å². The lowest BCUT2D eigenvalue weighted by atomic mass is 9.59. The van der Waals surface area contributed by atoms with E-state index in [1.807, 2.05) is 11.3 Å². The molecule has 55 heavy (non-hydrogen) atoms. The summed E-state index contributed by atoms with van der Waals surface area (Å²) in [5, 5.41) is 7.71. The van der Waals surface area contributed by atoms with Crippen LogP contribution in [0.3, 0.4) is 0 Å². The zero-order valence-corrected chi connectivity index (χ0v) is 33.0. The van der Waals surface area contributed by atoms with Gasteiger partial charge in [0, 0.05) is 32.3 Å². The maximum atomic E-state index is 5.03. The van der Waals surface area contributed by atoms with E-state index in [1.54, 1.807) is 0 Å². The molecule has 0 aliphatic heterocycles. The molecule has 0 atom stereocenters. The quantitative estimate of drug-likeness (QED) is 0.189. The van der Waals surface area contributed by atoms with Crippen molar-refractivity contribution in [2.45, 2.75) is 13.3 Å². The highest BCUT2D eigenvalue weighted by Gasteiger charge is 2.22. The first-order chi connectivity index (χ1) is 26.8. The van der Waals surface area contributed by atoms with Crippen LogP contribution >= 0.6 is 11.3 Å². The Bertz CT molecular complexity index is 3190. The summed E-state index contributed by atoms with van der Waals surface area (Å²) in [7, 11) is 11.4.